The fourth-order valence-electron chi connectivity index (χ4n) is 1.88. The van der Waals surface area contributed by atoms with Crippen LogP contribution in [0.1, 0.15) is 20.8 Å². The Morgan fingerprint density at radius 2 is 1.80 bits per heavy atom. The van der Waals surface area contributed by atoms with Crippen LogP contribution in [0.2, 0.25) is 0 Å². The van der Waals surface area contributed by atoms with Gasteiger partial charge in [0.15, 0.2) is 0 Å². The van der Waals surface area contributed by atoms with Crippen LogP contribution in [0.25, 0.3) is 0 Å². The molecule has 0 aromatic heterocycles. The molecular formula is C13H25N3O4. The first kappa shape index (κ1) is 16.7. The van der Waals surface area contributed by atoms with E-state index in [1.54, 1.807) is 25.7 Å². The maximum Gasteiger partial charge on any atom is 0.408 e. The van der Waals surface area contributed by atoms with Crippen molar-refractivity contribution in [3.63, 3.8) is 0 Å². The first-order chi connectivity index (χ1) is 9.23. The van der Waals surface area contributed by atoms with Crippen molar-refractivity contribution in [1.29, 1.82) is 0 Å². The Labute approximate surface area is 119 Å². The highest BCUT2D eigenvalue weighted by Crippen LogP contribution is 2.08. The lowest BCUT2D eigenvalue weighted by molar-refractivity contribution is -0.136. The number of hydrogen-bond donors (Lipinski definition) is 2. The van der Waals surface area contributed by atoms with Gasteiger partial charge in [-0.05, 0) is 27.8 Å². The summed E-state index contributed by atoms with van der Waals surface area (Å²) in [7, 11) is 1.99. The third-order valence-corrected chi connectivity index (χ3v) is 2.99. The van der Waals surface area contributed by atoms with E-state index in [9.17, 15) is 14.7 Å². The van der Waals surface area contributed by atoms with Gasteiger partial charge < -0.3 is 25.0 Å². The van der Waals surface area contributed by atoms with Crippen LogP contribution in [0.4, 0.5) is 4.79 Å². The zero-order valence-corrected chi connectivity index (χ0v) is 12.7. The van der Waals surface area contributed by atoms with Crippen LogP contribution in [0.15, 0.2) is 0 Å². The van der Waals surface area contributed by atoms with Crippen LogP contribution in [0.5, 0.6) is 0 Å². The zero-order valence-electron chi connectivity index (χ0n) is 12.7. The smallest absolute Gasteiger partial charge is 0.408 e. The number of nitrogens with one attached hydrogen (secondary N) is 1. The van der Waals surface area contributed by atoms with Gasteiger partial charge in [0.2, 0.25) is 5.91 Å². The number of amides is 2. The van der Waals surface area contributed by atoms with E-state index in [1.165, 1.54) is 0 Å². The molecule has 1 heterocycles. The molecule has 1 fully saturated rings. The molecule has 0 spiro atoms. The molecule has 2 amide bonds. The summed E-state index contributed by atoms with van der Waals surface area (Å²) in [6, 6.07) is -0.951. The predicted octanol–water partition coefficient (Wildman–Crippen LogP) is -0.354. The van der Waals surface area contributed by atoms with Gasteiger partial charge in [-0.3, -0.25) is 4.79 Å². The van der Waals surface area contributed by atoms with E-state index in [2.05, 4.69) is 10.2 Å². The van der Waals surface area contributed by atoms with Crippen molar-refractivity contribution in [2.45, 2.75) is 32.4 Å². The van der Waals surface area contributed by atoms with Crippen molar-refractivity contribution in [2.24, 2.45) is 0 Å². The summed E-state index contributed by atoms with van der Waals surface area (Å²) < 4.78 is 5.08. The lowest BCUT2D eigenvalue weighted by Gasteiger charge is -2.34. The van der Waals surface area contributed by atoms with Crippen molar-refractivity contribution in [1.82, 2.24) is 15.1 Å². The minimum atomic E-state index is -0.951. The van der Waals surface area contributed by atoms with Crippen LogP contribution in [0.3, 0.4) is 0 Å². The number of ether oxygens (including phenoxy) is 1. The molecule has 1 saturated heterocycles. The maximum absolute atomic E-state index is 12.2. The molecule has 0 bridgehead atoms. The maximum atomic E-state index is 12.2. The van der Waals surface area contributed by atoms with Gasteiger partial charge in [0, 0.05) is 26.2 Å². The summed E-state index contributed by atoms with van der Waals surface area (Å²) in [5, 5.41) is 11.7. The lowest BCUT2D eigenvalue weighted by Crippen LogP contribution is -2.55. The molecule has 116 valence electrons. The molecular weight excluding hydrogens is 262 g/mol. The number of alkyl carbamates (subject to hydrolysis) is 1. The number of rotatable bonds is 3. The Hall–Kier alpha value is -1.34. The summed E-state index contributed by atoms with van der Waals surface area (Å²) in [6.45, 7) is 7.55. The topological polar surface area (TPSA) is 82.1 Å². The molecule has 0 aromatic carbocycles. The molecule has 1 rings (SSSR count). The zero-order chi connectivity index (χ0) is 15.3. The van der Waals surface area contributed by atoms with Gasteiger partial charge >= 0.3 is 6.09 Å². The molecule has 7 heteroatoms. The van der Waals surface area contributed by atoms with E-state index < -0.39 is 24.3 Å². The Kier molecular flexibility index (Phi) is 5.76. The first-order valence-corrected chi connectivity index (χ1v) is 6.80. The number of nitrogens with zero attached hydrogens (tertiary/aromatic N) is 2. The van der Waals surface area contributed by atoms with Crippen LogP contribution < -0.4 is 5.32 Å². The fourth-order valence-corrected chi connectivity index (χ4v) is 1.88. The molecule has 1 atom stereocenters. The Morgan fingerprint density at radius 3 is 2.25 bits per heavy atom. The average molecular weight is 287 g/mol. The predicted molar refractivity (Wildman–Crippen MR) is 74.3 cm³/mol. The molecule has 0 saturated carbocycles. The standard InChI is InChI=1S/C13H25N3O4/c1-13(2,3)20-12(19)14-10(9-17)11(18)16-7-5-15(4)6-8-16/h10,17H,5-9H2,1-4H3,(H,14,19). The molecule has 1 aliphatic rings. The molecule has 20 heavy (non-hydrogen) atoms. The van der Waals surface area contributed by atoms with Gasteiger partial charge in [-0.25, -0.2) is 4.79 Å². The SMILES string of the molecule is CN1CCN(C(=O)C(CO)NC(=O)OC(C)(C)C)CC1. The van der Waals surface area contributed by atoms with Crippen LogP contribution in [-0.2, 0) is 9.53 Å². The van der Waals surface area contributed by atoms with Crippen LogP contribution in [-0.4, -0.2) is 78.4 Å². The highest BCUT2D eigenvalue weighted by Gasteiger charge is 2.28. The van der Waals surface area contributed by atoms with Gasteiger partial charge in [0.05, 0.1) is 6.61 Å². The molecule has 0 radical (unpaired) electrons. The van der Waals surface area contributed by atoms with Crippen LogP contribution in [0, 0.1) is 0 Å². The monoisotopic (exact) mass is 287 g/mol. The summed E-state index contributed by atoms with van der Waals surface area (Å²) in [4.78, 5) is 27.6. The van der Waals surface area contributed by atoms with Gasteiger partial charge in [0.25, 0.3) is 0 Å². The number of hydrogen-bond acceptors (Lipinski definition) is 5. The fraction of sp³-hybridized carbons (Fsp3) is 0.846. The number of aliphatic hydroxyl groups excluding tert-OH is 1. The van der Waals surface area contributed by atoms with Crippen molar-refractivity contribution in [3.8, 4) is 0 Å². The van der Waals surface area contributed by atoms with Gasteiger partial charge in [0.1, 0.15) is 11.6 Å². The lowest BCUT2D eigenvalue weighted by atomic mass is 10.2. The minimum Gasteiger partial charge on any atom is -0.444 e. The molecule has 1 aliphatic heterocycles. The van der Waals surface area contributed by atoms with Crippen molar-refractivity contribution in [3.05, 3.63) is 0 Å². The van der Waals surface area contributed by atoms with Crippen molar-refractivity contribution < 1.29 is 19.4 Å². The number of carbonyl (C=O) groups excluding carboxylic acids is 2. The normalized spacial score (nSPS) is 18.6. The second-order valence-electron chi connectivity index (χ2n) is 6.01. The van der Waals surface area contributed by atoms with Gasteiger partial charge in [-0.1, -0.05) is 0 Å². The van der Waals surface area contributed by atoms with E-state index >= 15 is 0 Å². The molecule has 7 nitrogen and oxygen atoms in total. The summed E-state index contributed by atoms with van der Waals surface area (Å²) in [5.74, 6) is -0.272. The van der Waals surface area contributed by atoms with Crippen molar-refractivity contribution in [2.75, 3.05) is 39.8 Å². The Morgan fingerprint density at radius 1 is 1.25 bits per heavy atom. The minimum absolute atomic E-state index is 0.272. The summed E-state index contributed by atoms with van der Waals surface area (Å²) in [6.07, 6.45) is -0.695. The third kappa shape index (κ3) is 5.34. The first-order valence-electron chi connectivity index (χ1n) is 6.80. The van der Waals surface area contributed by atoms with Gasteiger partial charge in [-0.15, -0.1) is 0 Å². The van der Waals surface area contributed by atoms with E-state index in [4.69, 9.17) is 4.74 Å². The second-order valence-corrected chi connectivity index (χ2v) is 6.01. The van der Waals surface area contributed by atoms with Gasteiger partial charge in [-0.2, -0.15) is 0 Å². The number of likely N-dealkylation sites (N-methyl/N-ethyl adjacent to an activating group) is 1. The average Bonchev–Trinajstić information content (AvgIpc) is 2.34. The molecule has 0 aromatic rings. The highest BCUT2D eigenvalue weighted by molar-refractivity contribution is 5.86. The van der Waals surface area contributed by atoms with E-state index in [0.29, 0.717) is 13.1 Å². The molecule has 2 N–H and O–H groups in total. The number of piperazine rings is 1. The second kappa shape index (κ2) is 6.90. The summed E-state index contributed by atoms with van der Waals surface area (Å²) in [5.41, 5.74) is -0.638. The molecule has 1 unspecified atom stereocenters. The Balaban J connectivity index is 2.53. The van der Waals surface area contributed by atoms with Crippen molar-refractivity contribution >= 4 is 12.0 Å². The molecule has 0 aliphatic carbocycles. The quantitative estimate of drug-likeness (QED) is 0.741. The Bertz CT molecular complexity index is 346. The number of carbonyl (C=O) groups is 2. The van der Waals surface area contributed by atoms with E-state index in [-0.39, 0.29) is 5.91 Å². The number of aliphatic hydroxyl groups is 1. The largest absolute Gasteiger partial charge is 0.444 e. The summed E-state index contributed by atoms with van der Waals surface area (Å²) >= 11 is 0. The van der Waals surface area contributed by atoms with E-state index in [1.807, 2.05) is 7.05 Å². The highest BCUT2D eigenvalue weighted by atomic mass is 16.6. The third-order valence-electron chi connectivity index (χ3n) is 2.99. The van der Waals surface area contributed by atoms with E-state index in [0.717, 1.165) is 13.1 Å². The van der Waals surface area contributed by atoms with Crippen LogP contribution >= 0.6 is 0 Å².